The van der Waals surface area contributed by atoms with Crippen molar-refractivity contribution in [1.82, 2.24) is 19.5 Å². The fourth-order valence-corrected chi connectivity index (χ4v) is 7.74. The van der Waals surface area contributed by atoms with Crippen molar-refractivity contribution in [3.63, 3.8) is 0 Å². The molecule has 4 aromatic heterocycles. The van der Waals surface area contributed by atoms with Gasteiger partial charge in [-0.1, -0.05) is 33.6 Å². The van der Waals surface area contributed by atoms with Crippen LogP contribution >= 0.6 is 0 Å². The van der Waals surface area contributed by atoms with Crippen LogP contribution in [0.4, 0.5) is 0 Å². The van der Waals surface area contributed by atoms with Crippen molar-refractivity contribution in [2.75, 3.05) is 0 Å². The molecule has 0 aliphatic carbocycles. The highest BCUT2D eigenvalue weighted by molar-refractivity contribution is 5.83. The fourth-order valence-electron chi connectivity index (χ4n) is 7.74. The normalized spacial score (nSPS) is 12.6. The minimum atomic E-state index is -0.912. The smallest absolute Gasteiger partial charge is 0.303 e. The van der Waals surface area contributed by atoms with Crippen LogP contribution in [0.5, 0.6) is 0 Å². The van der Waals surface area contributed by atoms with Gasteiger partial charge in [0.2, 0.25) is 5.91 Å². The fraction of sp³-hybridized carbons (Fsp3) is 0.425. The van der Waals surface area contributed by atoms with E-state index in [2.05, 4.69) is 35.7 Å². The van der Waals surface area contributed by atoms with E-state index in [0.29, 0.717) is 58.1 Å². The highest BCUT2D eigenvalue weighted by atomic mass is 16.4. The zero-order valence-electron chi connectivity index (χ0n) is 30.9. The molecule has 0 saturated carbocycles. The lowest BCUT2D eigenvalue weighted by Gasteiger charge is -2.09. The molecule has 5 heterocycles. The predicted molar refractivity (Wildman–Crippen MR) is 200 cm³/mol. The van der Waals surface area contributed by atoms with Gasteiger partial charge in [-0.2, -0.15) is 0 Å². The van der Waals surface area contributed by atoms with Gasteiger partial charge in [-0.25, -0.2) is 0 Å². The largest absolute Gasteiger partial charge is 0.481 e. The number of nitrogens with two attached hydrogens (primary N) is 2. The maximum absolute atomic E-state index is 14.3. The van der Waals surface area contributed by atoms with E-state index in [1.54, 1.807) is 4.57 Å². The Morgan fingerprint density at radius 3 is 1.92 bits per heavy atom. The number of unbranched alkanes of at least 4 members (excludes halogenated alkanes) is 2. The van der Waals surface area contributed by atoms with Crippen LogP contribution in [0.1, 0.15) is 131 Å². The van der Waals surface area contributed by atoms with Crippen molar-refractivity contribution in [1.29, 1.82) is 0 Å². The number of carbonyl (C=O) groups excluding carboxylic acids is 1. The third-order valence-electron chi connectivity index (χ3n) is 10.6. The monoisotopic (exact) mass is 696 g/mol. The molecule has 0 radical (unpaired) electrons. The molecule has 1 aliphatic heterocycles. The maximum atomic E-state index is 14.3. The number of aliphatic carboxylic acids is 2. The Bertz CT molecular complexity index is 2290. The quantitative estimate of drug-likeness (QED) is 0.110. The van der Waals surface area contributed by atoms with E-state index in [9.17, 15) is 24.6 Å². The Morgan fingerprint density at radius 2 is 1.31 bits per heavy atom. The van der Waals surface area contributed by atoms with Crippen LogP contribution in [0.3, 0.4) is 0 Å². The molecule has 0 unspecified atom stereocenters. The molecule has 0 saturated heterocycles. The Labute approximate surface area is 297 Å². The van der Waals surface area contributed by atoms with E-state index in [0.717, 1.165) is 80.5 Å². The summed E-state index contributed by atoms with van der Waals surface area (Å²) in [6.07, 6.45) is 8.66. The summed E-state index contributed by atoms with van der Waals surface area (Å²) in [7, 11) is 0. The zero-order chi connectivity index (χ0) is 37.3. The summed E-state index contributed by atoms with van der Waals surface area (Å²) in [5.74, 6) is -1.86. The number of carboxylic acid groups (broad SMARTS) is 2. The number of hydrogen-bond donors (Lipinski definition) is 7. The molecular formula is C40H52N6O5. The number of nitrogens with one attached hydrogen (secondary N) is 3. The van der Waals surface area contributed by atoms with Crippen molar-refractivity contribution >= 4 is 41.4 Å². The van der Waals surface area contributed by atoms with Crippen molar-refractivity contribution in [2.24, 2.45) is 11.5 Å². The van der Waals surface area contributed by atoms with Gasteiger partial charge in [0.25, 0.3) is 0 Å². The van der Waals surface area contributed by atoms with E-state index in [-0.39, 0.29) is 31.6 Å². The first-order valence-electron chi connectivity index (χ1n) is 18.1. The van der Waals surface area contributed by atoms with Gasteiger partial charge in [0, 0.05) is 36.0 Å². The molecule has 9 N–H and O–H groups in total. The molecule has 4 aromatic rings. The van der Waals surface area contributed by atoms with Gasteiger partial charge in [-0.05, 0) is 116 Å². The first-order chi connectivity index (χ1) is 24.2. The summed E-state index contributed by atoms with van der Waals surface area (Å²) in [6, 6.07) is 0. The summed E-state index contributed by atoms with van der Waals surface area (Å²) in [6.45, 7) is 14.2. The molecular weight excluding hydrogens is 644 g/mol. The summed E-state index contributed by atoms with van der Waals surface area (Å²) in [5.41, 5.74) is 25.2. The van der Waals surface area contributed by atoms with Crippen molar-refractivity contribution in [3.05, 3.63) is 88.7 Å². The molecule has 0 spiro atoms. The van der Waals surface area contributed by atoms with Crippen molar-refractivity contribution in [3.8, 4) is 0 Å². The van der Waals surface area contributed by atoms with Gasteiger partial charge in [-0.15, -0.1) is 0 Å². The molecule has 11 nitrogen and oxygen atoms in total. The maximum Gasteiger partial charge on any atom is 0.303 e. The second-order valence-electron chi connectivity index (χ2n) is 13.7. The number of nitrogens with zero attached hydrogens (tertiary/aromatic N) is 1. The van der Waals surface area contributed by atoms with Gasteiger partial charge in [0.1, 0.15) is 0 Å². The summed E-state index contributed by atoms with van der Waals surface area (Å²) >= 11 is 0. The molecule has 11 heteroatoms. The number of rotatable bonds is 12. The summed E-state index contributed by atoms with van der Waals surface area (Å²) in [5, 5.41) is 22.0. The van der Waals surface area contributed by atoms with Gasteiger partial charge < -0.3 is 36.6 Å². The number of H-pyrrole nitrogens is 3. The number of aromatic nitrogens is 4. The molecule has 272 valence electrons. The van der Waals surface area contributed by atoms with Crippen LogP contribution in [0, 0.1) is 27.7 Å². The van der Waals surface area contributed by atoms with Crippen LogP contribution in [-0.4, -0.2) is 47.6 Å². The van der Waals surface area contributed by atoms with E-state index in [1.807, 2.05) is 39.8 Å². The van der Waals surface area contributed by atoms with Crippen LogP contribution in [0.25, 0.3) is 23.5 Å². The number of aromatic amines is 3. The van der Waals surface area contributed by atoms with Gasteiger partial charge in [0.15, 0.2) is 0 Å². The Balaban J connectivity index is 2.03. The lowest BCUT2D eigenvalue weighted by atomic mass is 10.0. The molecule has 1 aliphatic rings. The van der Waals surface area contributed by atoms with Crippen LogP contribution in [0.2, 0.25) is 0 Å². The zero-order valence-corrected chi connectivity index (χ0v) is 30.9. The first-order valence-corrected chi connectivity index (χ1v) is 18.1. The Morgan fingerprint density at radius 1 is 0.667 bits per heavy atom. The summed E-state index contributed by atoms with van der Waals surface area (Å²) in [4.78, 5) is 48.5. The van der Waals surface area contributed by atoms with Crippen LogP contribution in [0.15, 0.2) is 0 Å². The molecule has 5 rings (SSSR count). The second-order valence-corrected chi connectivity index (χ2v) is 13.7. The van der Waals surface area contributed by atoms with Crippen molar-refractivity contribution < 1.29 is 24.6 Å². The molecule has 8 bridgehead atoms. The second kappa shape index (κ2) is 15.0. The van der Waals surface area contributed by atoms with E-state index >= 15 is 0 Å². The standard InChI is InChI=1S/C40H52N6O5/c1-8-11-12-13-32(47)46-31-19-28-20(4)26(14-16-33(48)49)29(43-28)18-30-27(15-17-34(50)51)23(7)37(44-30)35(41)39-24(9-2)22(6)38(45-39)36(42)40(46)25(10-3)21(31)5/h18-19,43-45H,8-17,41-42H2,1-7H3,(H,48,49)(H,50,51). The number of hydrogen-bond acceptors (Lipinski definition) is 5. The van der Waals surface area contributed by atoms with Crippen molar-refractivity contribution in [2.45, 2.75) is 113 Å². The van der Waals surface area contributed by atoms with Crippen LogP contribution in [-0.2, 0) is 35.3 Å². The first kappa shape index (κ1) is 37.1. The lowest BCUT2D eigenvalue weighted by Crippen LogP contribution is -2.37. The van der Waals surface area contributed by atoms with E-state index in [4.69, 9.17) is 11.5 Å². The molecule has 0 fully saturated rings. The third-order valence-corrected chi connectivity index (χ3v) is 10.6. The highest BCUT2D eigenvalue weighted by Crippen LogP contribution is 2.26. The Hall–Kier alpha value is -5.19. The number of fused-ring (bicyclic) bond motifs is 8. The van der Waals surface area contributed by atoms with Crippen LogP contribution < -0.4 is 32.9 Å². The topological polar surface area (TPSA) is 196 Å². The number of carbonyl (C=O) groups is 3. The minimum Gasteiger partial charge on any atom is -0.481 e. The highest BCUT2D eigenvalue weighted by Gasteiger charge is 2.24. The van der Waals surface area contributed by atoms with E-state index < -0.39 is 11.9 Å². The minimum absolute atomic E-state index is 0.0406. The van der Waals surface area contributed by atoms with Gasteiger partial charge in [-0.3, -0.25) is 19.0 Å². The predicted octanol–water partition coefficient (Wildman–Crippen LogP) is 3.29. The number of carboxylic acids is 2. The SMILES string of the molecule is CCCCCC(=O)n1c2c(C)c(CC)c1=C(N)c1[nH]c(c(CC)c1C)C(N)=c1[nH]c(c(CCC(=O)O)c1C)=Cc1[nH]c(c(C)c1CCC(=O)O)C=2. The summed E-state index contributed by atoms with van der Waals surface area (Å²) < 4.78 is 1.79. The van der Waals surface area contributed by atoms with E-state index in [1.165, 1.54) is 0 Å². The lowest BCUT2D eigenvalue weighted by molar-refractivity contribution is -0.138. The molecule has 51 heavy (non-hydrogen) atoms. The molecule has 0 atom stereocenters. The Kier molecular flexibility index (Phi) is 10.9. The molecule has 0 aromatic carbocycles. The van der Waals surface area contributed by atoms with Gasteiger partial charge in [0.05, 0.1) is 38.8 Å². The average Bonchev–Trinajstić information content (AvgIpc) is 3.77. The third kappa shape index (κ3) is 6.81. The average molecular weight is 697 g/mol. The molecule has 0 amide bonds. The van der Waals surface area contributed by atoms with Gasteiger partial charge >= 0.3 is 11.9 Å².